The fourth-order valence-electron chi connectivity index (χ4n) is 2.04. The number of halogens is 1. The lowest BCUT2D eigenvalue weighted by molar-refractivity contribution is 0.0562. The van der Waals surface area contributed by atoms with E-state index in [1.807, 2.05) is 20.8 Å². The Bertz CT molecular complexity index is 683. The zero-order valence-corrected chi connectivity index (χ0v) is 12.8. The minimum absolute atomic E-state index is 0.0868. The molecule has 0 aliphatic heterocycles. The van der Waals surface area contributed by atoms with Crippen LogP contribution in [0.1, 0.15) is 42.6 Å². The molecule has 0 saturated heterocycles. The van der Waals surface area contributed by atoms with Crippen molar-refractivity contribution in [3.05, 3.63) is 41.0 Å². The van der Waals surface area contributed by atoms with Crippen LogP contribution in [0.15, 0.2) is 22.6 Å². The van der Waals surface area contributed by atoms with Gasteiger partial charge in [-0.1, -0.05) is 20.8 Å². The Balaban J connectivity index is 2.61. The van der Waals surface area contributed by atoms with E-state index in [-0.39, 0.29) is 22.9 Å². The third kappa shape index (κ3) is 2.96. The SMILES string of the molecule is COC(=O)c1oc(-c2ccc(F)cc2C)nc1C(C)(C)C. The highest BCUT2D eigenvalue weighted by molar-refractivity contribution is 5.88. The predicted molar refractivity (Wildman–Crippen MR) is 76.7 cm³/mol. The van der Waals surface area contributed by atoms with Crippen molar-refractivity contribution in [3.8, 4) is 11.5 Å². The Morgan fingerprint density at radius 3 is 2.52 bits per heavy atom. The molecule has 2 aromatic rings. The van der Waals surface area contributed by atoms with E-state index in [0.29, 0.717) is 16.8 Å². The van der Waals surface area contributed by atoms with E-state index in [4.69, 9.17) is 9.15 Å². The van der Waals surface area contributed by atoms with Crippen molar-refractivity contribution in [2.24, 2.45) is 0 Å². The topological polar surface area (TPSA) is 52.3 Å². The molecule has 4 nitrogen and oxygen atoms in total. The maximum atomic E-state index is 13.2. The Hall–Kier alpha value is -2.17. The van der Waals surface area contributed by atoms with Crippen LogP contribution in [0.5, 0.6) is 0 Å². The monoisotopic (exact) mass is 291 g/mol. The Morgan fingerprint density at radius 2 is 2.00 bits per heavy atom. The van der Waals surface area contributed by atoms with Crippen LogP contribution in [-0.4, -0.2) is 18.1 Å². The summed E-state index contributed by atoms with van der Waals surface area (Å²) in [6.07, 6.45) is 0. The highest BCUT2D eigenvalue weighted by Crippen LogP contribution is 2.32. The van der Waals surface area contributed by atoms with Gasteiger partial charge in [-0.05, 0) is 30.7 Å². The highest BCUT2D eigenvalue weighted by Gasteiger charge is 2.30. The lowest BCUT2D eigenvalue weighted by Crippen LogP contribution is -2.17. The lowest BCUT2D eigenvalue weighted by atomic mass is 9.91. The molecule has 1 aromatic carbocycles. The molecular formula is C16H18FNO3. The number of oxazole rings is 1. The first-order valence-corrected chi connectivity index (χ1v) is 6.60. The first-order chi connectivity index (χ1) is 9.74. The summed E-state index contributed by atoms with van der Waals surface area (Å²) in [7, 11) is 1.29. The van der Waals surface area contributed by atoms with E-state index in [0.717, 1.165) is 0 Å². The molecule has 5 heteroatoms. The number of aryl methyl sites for hydroxylation is 1. The molecule has 0 saturated carbocycles. The Labute approximate surface area is 122 Å². The fourth-order valence-corrected chi connectivity index (χ4v) is 2.04. The normalized spacial score (nSPS) is 11.5. The van der Waals surface area contributed by atoms with Gasteiger partial charge < -0.3 is 9.15 Å². The van der Waals surface area contributed by atoms with Crippen LogP contribution in [0.4, 0.5) is 4.39 Å². The molecule has 0 fully saturated rings. The number of methoxy groups -OCH3 is 1. The van der Waals surface area contributed by atoms with E-state index >= 15 is 0 Å². The molecule has 0 spiro atoms. The van der Waals surface area contributed by atoms with E-state index in [2.05, 4.69) is 4.98 Å². The van der Waals surface area contributed by atoms with E-state index in [1.54, 1.807) is 13.0 Å². The summed E-state index contributed by atoms with van der Waals surface area (Å²) in [6.45, 7) is 7.55. The summed E-state index contributed by atoms with van der Waals surface area (Å²) >= 11 is 0. The third-order valence-corrected chi connectivity index (χ3v) is 3.13. The van der Waals surface area contributed by atoms with Gasteiger partial charge in [0, 0.05) is 11.0 Å². The number of esters is 1. The van der Waals surface area contributed by atoms with Crippen molar-refractivity contribution in [1.29, 1.82) is 0 Å². The molecule has 0 bridgehead atoms. The van der Waals surface area contributed by atoms with Gasteiger partial charge in [0.2, 0.25) is 11.7 Å². The number of aromatic nitrogens is 1. The van der Waals surface area contributed by atoms with Crippen molar-refractivity contribution >= 4 is 5.97 Å². The summed E-state index contributed by atoms with van der Waals surface area (Å²) in [5.74, 6) is -0.521. The van der Waals surface area contributed by atoms with Gasteiger partial charge in [0.05, 0.1) is 7.11 Å². The average Bonchev–Trinajstić information content (AvgIpc) is 2.82. The van der Waals surface area contributed by atoms with Crippen LogP contribution in [0.3, 0.4) is 0 Å². The van der Waals surface area contributed by atoms with Crippen LogP contribution >= 0.6 is 0 Å². The zero-order valence-electron chi connectivity index (χ0n) is 12.8. The second-order valence-corrected chi connectivity index (χ2v) is 5.90. The molecule has 0 unspecified atom stereocenters. The summed E-state index contributed by atoms with van der Waals surface area (Å²) in [5, 5.41) is 0. The predicted octanol–water partition coefficient (Wildman–Crippen LogP) is 3.87. The smallest absolute Gasteiger partial charge is 0.376 e. The molecule has 0 aliphatic rings. The number of carbonyl (C=O) groups excluding carboxylic acids is 1. The first-order valence-electron chi connectivity index (χ1n) is 6.60. The minimum atomic E-state index is -0.571. The minimum Gasteiger partial charge on any atom is -0.463 e. The number of hydrogen-bond donors (Lipinski definition) is 0. The molecule has 2 rings (SSSR count). The summed E-state index contributed by atoms with van der Waals surface area (Å²) in [6, 6.07) is 4.32. The van der Waals surface area contributed by atoms with Gasteiger partial charge >= 0.3 is 5.97 Å². The molecule has 0 amide bonds. The van der Waals surface area contributed by atoms with Gasteiger partial charge in [0.25, 0.3) is 0 Å². The summed E-state index contributed by atoms with van der Waals surface area (Å²) in [5.41, 5.74) is 1.48. The molecule has 1 aromatic heterocycles. The standard InChI is InChI=1S/C16H18FNO3/c1-9-8-10(17)6-7-11(9)14-18-13(16(2,3)4)12(21-14)15(19)20-5/h6-8H,1-5H3. The van der Waals surface area contributed by atoms with Crippen molar-refractivity contribution in [2.45, 2.75) is 33.1 Å². The van der Waals surface area contributed by atoms with Crippen LogP contribution in [-0.2, 0) is 10.2 Å². The van der Waals surface area contributed by atoms with Crippen molar-refractivity contribution in [2.75, 3.05) is 7.11 Å². The average molecular weight is 291 g/mol. The van der Waals surface area contributed by atoms with Gasteiger partial charge in [0.15, 0.2) is 0 Å². The van der Waals surface area contributed by atoms with Crippen LogP contribution in [0, 0.1) is 12.7 Å². The largest absolute Gasteiger partial charge is 0.463 e. The Kier molecular flexibility index (Phi) is 3.85. The number of benzene rings is 1. The highest BCUT2D eigenvalue weighted by atomic mass is 19.1. The molecule has 0 N–H and O–H groups in total. The maximum absolute atomic E-state index is 13.2. The number of ether oxygens (including phenoxy) is 1. The molecule has 1 heterocycles. The molecule has 0 radical (unpaired) electrons. The van der Waals surface area contributed by atoms with Crippen molar-refractivity contribution in [3.63, 3.8) is 0 Å². The maximum Gasteiger partial charge on any atom is 0.376 e. The van der Waals surface area contributed by atoms with E-state index in [1.165, 1.54) is 19.2 Å². The number of nitrogens with zero attached hydrogens (tertiary/aromatic N) is 1. The number of carbonyl (C=O) groups is 1. The van der Waals surface area contributed by atoms with Crippen molar-refractivity contribution in [1.82, 2.24) is 4.98 Å². The van der Waals surface area contributed by atoms with Gasteiger partial charge in [0.1, 0.15) is 11.5 Å². The molecule has 0 atom stereocenters. The Morgan fingerprint density at radius 1 is 1.33 bits per heavy atom. The van der Waals surface area contributed by atoms with Gasteiger partial charge in [-0.3, -0.25) is 0 Å². The second-order valence-electron chi connectivity index (χ2n) is 5.90. The summed E-state index contributed by atoms with van der Waals surface area (Å²) < 4.78 is 23.5. The quantitative estimate of drug-likeness (QED) is 0.788. The first kappa shape index (κ1) is 15.2. The van der Waals surface area contributed by atoms with Gasteiger partial charge in [-0.2, -0.15) is 0 Å². The fraction of sp³-hybridized carbons (Fsp3) is 0.375. The number of rotatable bonds is 2. The van der Waals surface area contributed by atoms with Gasteiger partial charge in [-0.25, -0.2) is 14.2 Å². The van der Waals surface area contributed by atoms with Crippen LogP contribution in [0.25, 0.3) is 11.5 Å². The van der Waals surface area contributed by atoms with E-state index in [9.17, 15) is 9.18 Å². The molecule has 112 valence electrons. The second kappa shape index (κ2) is 5.31. The zero-order chi connectivity index (χ0) is 15.8. The number of hydrogen-bond acceptors (Lipinski definition) is 4. The molecular weight excluding hydrogens is 273 g/mol. The third-order valence-electron chi connectivity index (χ3n) is 3.13. The van der Waals surface area contributed by atoms with Gasteiger partial charge in [-0.15, -0.1) is 0 Å². The van der Waals surface area contributed by atoms with E-state index < -0.39 is 5.97 Å². The lowest BCUT2D eigenvalue weighted by Gasteiger charge is -2.15. The summed E-state index contributed by atoms with van der Waals surface area (Å²) in [4.78, 5) is 16.3. The van der Waals surface area contributed by atoms with Crippen molar-refractivity contribution < 1.29 is 18.3 Å². The molecule has 21 heavy (non-hydrogen) atoms. The van der Waals surface area contributed by atoms with Crippen LogP contribution < -0.4 is 0 Å². The molecule has 0 aliphatic carbocycles. The van der Waals surface area contributed by atoms with Crippen LogP contribution in [0.2, 0.25) is 0 Å².